The molecule has 0 aliphatic rings. The molecule has 1 heterocycles. The Morgan fingerprint density at radius 2 is 2.00 bits per heavy atom. The van der Waals surface area contributed by atoms with E-state index in [-0.39, 0.29) is 0 Å². The van der Waals surface area contributed by atoms with Crippen LogP contribution in [-0.4, -0.2) is 31.9 Å². The van der Waals surface area contributed by atoms with Gasteiger partial charge in [0.05, 0.1) is 6.61 Å². The van der Waals surface area contributed by atoms with Gasteiger partial charge in [-0.05, 0) is 19.1 Å². The molecule has 17 heavy (non-hydrogen) atoms. The van der Waals surface area contributed by atoms with E-state index in [1.54, 1.807) is 0 Å². The largest absolute Gasteiger partial charge is 0.380 e. The first-order chi connectivity index (χ1) is 8.24. The molecule has 92 valence electrons. The van der Waals surface area contributed by atoms with Crippen LogP contribution in [0.4, 0.5) is 5.82 Å². The Balaban J connectivity index is 2.37. The third kappa shape index (κ3) is 2.44. The summed E-state index contributed by atoms with van der Waals surface area (Å²) in [5, 5.41) is 1.28. The number of aromatic nitrogens is 1. The Morgan fingerprint density at radius 3 is 2.71 bits per heavy atom. The molecule has 0 saturated heterocycles. The van der Waals surface area contributed by atoms with E-state index in [1.807, 2.05) is 6.92 Å². The fourth-order valence-electron chi connectivity index (χ4n) is 2.10. The number of hydrogen-bond donors (Lipinski definition) is 0. The molecule has 0 bridgehead atoms. The van der Waals surface area contributed by atoms with Crippen LogP contribution in [0.3, 0.4) is 0 Å². The molecule has 3 nitrogen and oxygen atoms in total. The second kappa shape index (κ2) is 5.23. The van der Waals surface area contributed by atoms with Gasteiger partial charge in [-0.2, -0.15) is 0 Å². The van der Waals surface area contributed by atoms with E-state index in [0.29, 0.717) is 0 Å². The summed E-state index contributed by atoms with van der Waals surface area (Å²) in [7, 11) is 4.15. The Kier molecular flexibility index (Phi) is 3.69. The summed E-state index contributed by atoms with van der Waals surface area (Å²) in [5.74, 6) is 1.23. The summed E-state index contributed by atoms with van der Waals surface area (Å²) >= 11 is 0. The highest BCUT2D eigenvalue weighted by Gasteiger charge is 2.09. The normalized spacial score (nSPS) is 11.0. The predicted octanol–water partition coefficient (Wildman–Crippen LogP) is 2.74. The zero-order valence-electron chi connectivity index (χ0n) is 10.8. The van der Waals surface area contributed by atoms with Crippen LogP contribution in [-0.2, 0) is 11.3 Å². The van der Waals surface area contributed by atoms with Gasteiger partial charge in [0.1, 0.15) is 5.82 Å². The Bertz CT molecular complexity index is 488. The van der Waals surface area contributed by atoms with E-state index < -0.39 is 0 Å². The molecular weight excluding hydrogens is 212 g/mol. The molecule has 0 saturated carbocycles. The van der Waals surface area contributed by atoms with Crippen LogP contribution in [0, 0.1) is 0 Å². The number of hydrogen-bond acceptors (Lipinski definition) is 2. The van der Waals surface area contributed by atoms with Gasteiger partial charge in [0.2, 0.25) is 0 Å². The van der Waals surface area contributed by atoms with Crippen molar-refractivity contribution >= 4 is 16.7 Å². The number of fused-ring (bicyclic) bond motifs is 1. The van der Waals surface area contributed by atoms with Crippen molar-refractivity contribution in [3.63, 3.8) is 0 Å². The Hall–Kier alpha value is -1.48. The maximum Gasteiger partial charge on any atom is 0.109 e. The number of nitrogens with zero attached hydrogens (tertiary/aromatic N) is 2. The molecule has 0 unspecified atom stereocenters. The number of ether oxygens (including phenoxy) is 1. The fraction of sp³-hybridized carbons (Fsp3) is 0.429. The molecule has 1 aromatic heterocycles. The molecule has 0 amide bonds. The van der Waals surface area contributed by atoms with Crippen LogP contribution < -0.4 is 4.90 Å². The summed E-state index contributed by atoms with van der Waals surface area (Å²) in [6.45, 7) is 4.46. The zero-order chi connectivity index (χ0) is 12.3. The van der Waals surface area contributed by atoms with Crippen LogP contribution in [0.5, 0.6) is 0 Å². The predicted molar refractivity (Wildman–Crippen MR) is 72.8 cm³/mol. The van der Waals surface area contributed by atoms with Crippen molar-refractivity contribution in [2.75, 3.05) is 32.2 Å². The summed E-state index contributed by atoms with van der Waals surface area (Å²) in [6, 6.07) is 10.7. The minimum atomic E-state index is 0.760. The lowest BCUT2D eigenvalue weighted by atomic mass is 10.2. The summed E-state index contributed by atoms with van der Waals surface area (Å²) < 4.78 is 7.76. The van der Waals surface area contributed by atoms with Crippen molar-refractivity contribution < 1.29 is 4.74 Å². The third-order valence-corrected chi connectivity index (χ3v) is 2.91. The first-order valence-electron chi connectivity index (χ1n) is 6.07. The number of rotatable bonds is 5. The van der Waals surface area contributed by atoms with Crippen molar-refractivity contribution in [1.82, 2.24) is 4.57 Å². The molecule has 0 aliphatic heterocycles. The van der Waals surface area contributed by atoms with Gasteiger partial charge >= 0.3 is 0 Å². The molecule has 0 N–H and O–H groups in total. The van der Waals surface area contributed by atoms with Gasteiger partial charge in [-0.1, -0.05) is 18.2 Å². The summed E-state index contributed by atoms with van der Waals surface area (Å²) in [4.78, 5) is 2.14. The smallest absolute Gasteiger partial charge is 0.109 e. The molecule has 0 spiro atoms. The Labute approximate surface area is 103 Å². The van der Waals surface area contributed by atoms with Gasteiger partial charge < -0.3 is 14.2 Å². The van der Waals surface area contributed by atoms with Crippen molar-refractivity contribution in [1.29, 1.82) is 0 Å². The monoisotopic (exact) mass is 232 g/mol. The van der Waals surface area contributed by atoms with Crippen LogP contribution in [0.1, 0.15) is 6.92 Å². The highest BCUT2D eigenvalue weighted by atomic mass is 16.5. The second-order valence-electron chi connectivity index (χ2n) is 4.30. The zero-order valence-corrected chi connectivity index (χ0v) is 10.8. The van der Waals surface area contributed by atoms with Crippen molar-refractivity contribution in [3.8, 4) is 0 Å². The minimum Gasteiger partial charge on any atom is -0.380 e. The van der Waals surface area contributed by atoms with Crippen LogP contribution in [0.2, 0.25) is 0 Å². The minimum absolute atomic E-state index is 0.760. The van der Waals surface area contributed by atoms with Crippen LogP contribution in [0.15, 0.2) is 30.3 Å². The summed E-state index contributed by atoms with van der Waals surface area (Å²) in [6.07, 6.45) is 0. The maximum absolute atomic E-state index is 5.45. The molecular formula is C14H20N2O. The van der Waals surface area contributed by atoms with E-state index in [9.17, 15) is 0 Å². The van der Waals surface area contributed by atoms with Crippen molar-refractivity contribution in [3.05, 3.63) is 30.3 Å². The lowest BCUT2D eigenvalue weighted by Crippen LogP contribution is -2.16. The number of anilines is 1. The standard InChI is InChI=1S/C14H20N2O/c1-4-17-10-9-16-13-8-6-5-7-12(13)11-14(16)15(2)3/h5-8,11H,4,9-10H2,1-3H3. The number of para-hydroxylation sites is 1. The van der Waals surface area contributed by atoms with E-state index in [2.05, 4.69) is 53.9 Å². The fourth-order valence-corrected chi connectivity index (χ4v) is 2.10. The van der Waals surface area contributed by atoms with E-state index >= 15 is 0 Å². The lowest BCUT2D eigenvalue weighted by Gasteiger charge is -2.16. The lowest BCUT2D eigenvalue weighted by molar-refractivity contribution is 0.140. The molecule has 0 aliphatic carbocycles. The Morgan fingerprint density at radius 1 is 1.24 bits per heavy atom. The third-order valence-electron chi connectivity index (χ3n) is 2.91. The van der Waals surface area contributed by atoms with Gasteiger partial charge in [0, 0.05) is 38.1 Å². The van der Waals surface area contributed by atoms with Gasteiger partial charge in [-0.15, -0.1) is 0 Å². The molecule has 2 aromatic rings. The SMILES string of the molecule is CCOCCn1c(N(C)C)cc2ccccc21. The quantitative estimate of drug-likeness (QED) is 0.737. The van der Waals surface area contributed by atoms with Gasteiger partial charge in [0.25, 0.3) is 0 Å². The van der Waals surface area contributed by atoms with Crippen molar-refractivity contribution in [2.45, 2.75) is 13.5 Å². The van der Waals surface area contributed by atoms with Crippen LogP contribution in [0.25, 0.3) is 10.9 Å². The van der Waals surface area contributed by atoms with E-state index in [0.717, 1.165) is 19.8 Å². The second-order valence-corrected chi connectivity index (χ2v) is 4.30. The van der Waals surface area contributed by atoms with E-state index in [1.165, 1.54) is 16.7 Å². The molecule has 0 atom stereocenters. The highest BCUT2D eigenvalue weighted by Crippen LogP contribution is 2.25. The molecule has 0 radical (unpaired) electrons. The number of benzene rings is 1. The van der Waals surface area contributed by atoms with E-state index in [4.69, 9.17) is 4.74 Å². The van der Waals surface area contributed by atoms with Crippen LogP contribution >= 0.6 is 0 Å². The topological polar surface area (TPSA) is 17.4 Å². The average molecular weight is 232 g/mol. The van der Waals surface area contributed by atoms with Gasteiger partial charge in [-0.3, -0.25) is 0 Å². The molecule has 1 aromatic carbocycles. The highest BCUT2D eigenvalue weighted by molar-refractivity contribution is 5.85. The summed E-state index contributed by atoms with van der Waals surface area (Å²) in [5.41, 5.74) is 1.27. The molecule has 2 rings (SSSR count). The molecule has 0 fully saturated rings. The molecule has 3 heteroatoms. The average Bonchev–Trinajstić information content (AvgIpc) is 2.69. The van der Waals surface area contributed by atoms with Gasteiger partial charge in [-0.25, -0.2) is 0 Å². The first-order valence-corrected chi connectivity index (χ1v) is 6.07. The first kappa shape index (κ1) is 12.0. The van der Waals surface area contributed by atoms with Crippen molar-refractivity contribution in [2.24, 2.45) is 0 Å². The maximum atomic E-state index is 5.45. The van der Waals surface area contributed by atoms with Gasteiger partial charge in [0.15, 0.2) is 0 Å².